The first kappa shape index (κ1) is 9.06. The van der Waals surface area contributed by atoms with Crippen molar-refractivity contribution in [2.24, 2.45) is 5.73 Å². The minimum Gasteiger partial charge on any atom is -0.370 e. The third-order valence-electron chi connectivity index (χ3n) is 0.855. The van der Waals surface area contributed by atoms with Crippen LogP contribution in [0.1, 0.15) is 6.42 Å². The molecule has 0 aliphatic rings. The molecule has 0 radical (unpaired) electrons. The van der Waals surface area contributed by atoms with Crippen LogP contribution in [0.2, 0.25) is 0 Å². The zero-order chi connectivity index (χ0) is 7.98. The lowest BCUT2D eigenvalue weighted by atomic mass is 10.2. The Morgan fingerprint density at radius 1 is 1.90 bits per heavy atom. The molecule has 0 saturated heterocycles. The molecular weight excluding hydrogens is 136 g/mol. The number of hydroxylamine groups is 1. The average Bonchev–Trinajstić information content (AvgIpc) is 1.86. The van der Waals surface area contributed by atoms with Crippen molar-refractivity contribution in [2.75, 3.05) is 7.11 Å². The van der Waals surface area contributed by atoms with Crippen LogP contribution in [0.25, 0.3) is 0 Å². The normalized spacial score (nSPS) is 12.5. The number of hydrogen-bond donors (Lipinski definition) is 2. The molecule has 1 amide bonds. The zero-order valence-corrected chi connectivity index (χ0v) is 5.66. The molecule has 10 heavy (non-hydrogen) atoms. The number of carbonyl (C=O) groups excluding carboxylic acids is 2. The van der Waals surface area contributed by atoms with Crippen molar-refractivity contribution in [3.63, 3.8) is 0 Å². The van der Waals surface area contributed by atoms with Crippen molar-refractivity contribution in [1.82, 2.24) is 5.48 Å². The molecule has 0 aliphatic carbocycles. The third kappa shape index (κ3) is 3.99. The van der Waals surface area contributed by atoms with Crippen molar-refractivity contribution < 1.29 is 14.4 Å². The van der Waals surface area contributed by atoms with Crippen LogP contribution in [-0.4, -0.2) is 25.3 Å². The molecule has 3 N–H and O–H groups in total. The van der Waals surface area contributed by atoms with Crippen LogP contribution in [0, 0.1) is 0 Å². The monoisotopic (exact) mass is 146 g/mol. The summed E-state index contributed by atoms with van der Waals surface area (Å²) in [6.45, 7) is 0. The van der Waals surface area contributed by atoms with Crippen LogP contribution in [0.5, 0.6) is 0 Å². The number of primary amides is 1. The summed E-state index contributed by atoms with van der Waals surface area (Å²) in [4.78, 5) is 24.7. The van der Waals surface area contributed by atoms with Gasteiger partial charge in [0.15, 0.2) is 0 Å². The van der Waals surface area contributed by atoms with E-state index in [-0.39, 0.29) is 6.42 Å². The number of rotatable bonds is 5. The van der Waals surface area contributed by atoms with E-state index in [1.165, 1.54) is 7.11 Å². The van der Waals surface area contributed by atoms with Gasteiger partial charge in [-0.2, -0.15) is 5.48 Å². The number of hydrogen-bond acceptors (Lipinski definition) is 4. The first-order valence-electron chi connectivity index (χ1n) is 2.72. The Balaban J connectivity index is 3.59. The van der Waals surface area contributed by atoms with Crippen molar-refractivity contribution in [3.05, 3.63) is 0 Å². The molecule has 0 aromatic carbocycles. The second-order valence-corrected chi connectivity index (χ2v) is 1.73. The van der Waals surface area contributed by atoms with Gasteiger partial charge in [-0.1, -0.05) is 0 Å². The second kappa shape index (κ2) is 4.89. The van der Waals surface area contributed by atoms with E-state index in [2.05, 4.69) is 10.3 Å². The van der Waals surface area contributed by atoms with E-state index < -0.39 is 11.9 Å². The maximum absolute atomic E-state index is 10.2. The fourth-order valence-electron chi connectivity index (χ4n) is 0.486. The first-order valence-corrected chi connectivity index (χ1v) is 2.72. The summed E-state index contributed by atoms with van der Waals surface area (Å²) in [6, 6.07) is -0.637. The molecule has 0 rings (SSSR count). The van der Waals surface area contributed by atoms with Gasteiger partial charge in [-0.3, -0.25) is 4.79 Å². The van der Waals surface area contributed by atoms with Crippen molar-refractivity contribution in [3.8, 4) is 0 Å². The minimum absolute atomic E-state index is 0.0443. The minimum atomic E-state index is -0.637. The molecule has 0 heterocycles. The van der Waals surface area contributed by atoms with Gasteiger partial charge in [0.25, 0.3) is 0 Å². The molecule has 0 bridgehead atoms. The summed E-state index contributed by atoms with van der Waals surface area (Å²) in [5.41, 5.74) is 7.10. The highest BCUT2D eigenvalue weighted by atomic mass is 16.6. The van der Waals surface area contributed by atoms with Gasteiger partial charge in [0.05, 0.1) is 19.6 Å². The molecule has 0 spiro atoms. The quantitative estimate of drug-likeness (QED) is 0.368. The van der Waals surface area contributed by atoms with Crippen LogP contribution >= 0.6 is 0 Å². The van der Waals surface area contributed by atoms with Gasteiger partial charge in [-0.15, -0.1) is 0 Å². The number of nitrogens with two attached hydrogens (primary N) is 1. The summed E-state index contributed by atoms with van der Waals surface area (Å²) in [5.74, 6) is -0.540. The highest BCUT2D eigenvalue weighted by molar-refractivity contribution is 5.78. The van der Waals surface area contributed by atoms with Gasteiger partial charge in [-0.25, -0.2) is 0 Å². The van der Waals surface area contributed by atoms with Crippen molar-refractivity contribution in [2.45, 2.75) is 12.5 Å². The van der Waals surface area contributed by atoms with Crippen LogP contribution in [-0.2, 0) is 14.4 Å². The molecule has 0 fully saturated rings. The summed E-state index contributed by atoms with van der Waals surface area (Å²) in [6.07, 6.45) is 0.519. The van der Waals surface area contributed by atoms with Crippen LogP contribution in [0.4, 0.5) is 0 Å². The summed E-state index contributed by atoms with van der Waals surface area (Å²) < 4.78 is 0. The fraction of sp³-hybridized carbons (Fsp3) is 0.600. The van der Waals surface area contributed by atoms with Crippen molar-refractivity contribution in [1.29, 1.82) is 0 Å². The van der Waals surface area contributed by atoms with E-state index in [0.29, 0.717) is 6.29 Å². The van der Waals surface area contributed by atoms with Crippen LogP contribution < -0.4 is 11.2 Å². The predicted octanol–water partition coefficient (Wildman–Crippen LogP) is -1.42. The first-order chi connectivity index (χ1) is 4.70. The van der Waals surface area contributed by atoms with Gasteiger partial charge in [0.1, 0.15) is 6.29 Å². The topological polar surface area (TPSA) is 81.4 Å². The van der Waals surface area contributed by atoms with Crippen LogP contribution in [0.3, 0.4) is 0 Å². The molecule has 5 heteroatoms. The Hall–Kier alpha value is -0.940. The Morgan fingerprint density at radius 3 is 2.80 bits per heavy atom. The van der Waals surface area contributed by atoms with Gasteiger partial charge < -0.3 is 15.4 Å². The summed E-state index contributed by atoms with van der Waals surface area (Å²) in [5, 5.41) is 0. The lowest BCUT2D eigenvalue weighted by Gasteiger charge is -2.06. The second-order valence-electron chi connectivity index (χ2n) is 1.73. The van der Waals surface area contributed by atoms with E-state index in [1.807, 2.05) is 0 Å². The van der Waals surface area contributed by atoms with Gasteiger partial charge in [0.2, 0.25) is 5.91 Å². The van der Waals surface area contributed by atoms with E-state index in [4.69, 9.17) is 5.73 Å². The maximum atomic E-state index is 10.2. The number of nitrogens with one attached hydrogen (secondary N) is 1. The lowest BCUT2D eigenvalue weighted by molar-refractivity contribution is -0.123. The molecule has 0 aromatic rings. The molecule has 0 unspecified atom stereocenters. The number of amides is 1. The Labute approximate surface area is 58.5 Å². The zero-order valence-electron chi connectivity index (χ0n) is 5.66. The third-order valence-corrected chi connectivity index (χ3v) is 0.855. The standard InChI is InChI=1S/C5H10N2O3/c1-10-7-4(3-8)2-5(6)9/h3-4,7H,2H2,1H3,(H2,6,9)/t4-/m0/s1. The lowest BCUT2D eigenvalue weighted by Crippen LogP contribution is -2.33. The van der Waals surface area contributed by atoms with Gasteiger partial charge in [-0.05, 0) is 0 Å². The van der Waals surface area contributed by atoms with Gasteiger partial charge >= 0.3 is 0 Å². The van der Waals surface area contributed by atoms with Gasteiger partial charge in [0, 0.05) is 0 Å². The highest BCUT2D eigenvalue weighted by Gasteiger charge is 2.08. The van der Waals surface area contributed by atoms with E-state index >= 15 is 0 Å². The largest absolute Gasteiger partial charge is 0.370 e. The van der Waals surface area contributed by atoms with E-state index in [9.17, 15) is 9.59 Å². The maximum Gasteiger partial charge on any atom is 0.219 e. The Bertz CT molecular complexity index is 126. The average molecular weight is 146 g/mol. The molecule has 0 aliphatic heterocycles. The van der Waals surface area contributed by atoms with E-state index in [1.54, 1.807) is 0 Å². The predicted molar refractivity (Wildman–Crippen MR) is 33.8 cm³/mol. The molecular formula is C5H10N2O3. The SMILES string of the molecule is CON[C@H](C=O)CC(N)=O. The molecule has 0 saturated carbocycles. The molecule has 58 valence electrons. The van der Waals surface area contributed by atoms with E-state index in [0.717, 1.165) is 0 Å². The molecule has 0 aromatic heterocycles. The fourth-order valence-corrected chi connectivity index (χ4v) is 0.486. The van der Waals surface area contributed by atoms with Crippen LogP contribution in [0.15, 0.2) is 0 Å². The molecule has 1 atom stereocenters. The number of aldehydes is 1. The summed E-state index contributed by atoms with van der Waals surface area (Å²) in [7, 11) is 1.36. The summed E-state index contributed by atoms with van der Waals surface area (Å²) >= 11 is 0. The van der Waals surface area contributed by atoms with Crippen molar-refractivity contribution >= 4 is 12.2 Å². The Kier molecular flexibility index (Phi) is 4.43. The number of carbonyl (C=O) groups is 2. The smallest absolute Gasteiger partial charge is 0.219 e. The highest BCUT2D eigenvalue weighted by Crippen LogP contribution is 1.84. The molecule has 5 nitrogen and oxygen atoms in total. The Morgan fingerprint density at radius 2 is 2.50 bits per heavy atom.